The predicted octanol–water partition coefficient (Wildman–Crippen LogP) is 1.00. The number of aliphatic hydroxyl groups is 1. The molecule has 1 aromatic heterocycles. The standard InChI is InChI=1S/C8H14N2OS/c1-8(2,11)5-9-3-7-4-10-6-12-7/h4,6,9,11H,3,5H2,1-2H3. The minimum absolute atomic E-state index is 0.602. The lowest BCUT2D eigenvalue weighted by Crippen LogP contribution is -2.34. The number of nitrogens with one attached hydrogen (secondary N) is 1. The lowest BCUT2D eigenvalue weighted by Gasteiger charge is -2.16. The molecule has 68 valence electrons. The first-order valence-electron chi connectivity index (χ1n) is 3.88. The van der Waals surface area contributed by atoms with Crippen LogP contribution in [0.15, 0.2) is 11.7 Å². The third-order valence-electron chi connectivity index (χ3n) is 1.34. The van der Waals surface area contributed by atoms with E-state index in [9.17, 15) is 5.11 Å². The highest BCUT2D eigenvalue weighted by molar-refractivity contribution is 7.09. The van der Waals surface area contributed by atoms with E-state index in [1.807, 2.05) is 6.20 Å². The number of hydrogen-bond acceptors (Lipinski definition) is 4. The van der Waals surface area contributed by atoms with Gasteiger partial charge < -0.3 is 10.4 Å². The van der Waals surface area contributed by atoms with Crippen LogP contribution in [-0.4, -0.2) is 22.2 Å². The van der Waals surface area contributed by atoms with Crippen molar-refractivity contribution in [3.8, 4) is 0 Å². The monoisotopic (exact) mass is 186 g/mol. The Balaban J connectivity index is 2.20. The quantitative estimate of drug-likeness (QED) is 0.737. The van der Waals surface area contributed by atoms with Crippen LogP contribution >= 0.6 is 11.3 Å². The maximum atomic E-state index is 9.37. The van der Waals surface area contributed by atoms with Crippen molar-refractivity contribution in [1.82, 2.24) is 10.3 Å². The Morgan fingerprint density at radius 2 is 2.42 bits per heavy atom. The second kappa shape index (κ2) is 3.98. The van der Waals surface area contributed by atoms with E-state index in [-0.39, 0.29) is 0 Å². The fourth-order valence-corrected chi connectivity index (χ4v) is 1.39. The minimum Gasteiger partial charge on any atom is -0.389 e. The first-order chi connectivity index (χ1) is 5.58. The molecule has 0 saturated carbocycles. The van der Waals surface area contributed by atoms with Crippen molar-refractivity contribution in [2.24, 2.45) is 0 Å². The molecule has 12 heavy (non-hydrogen) atoms. The molecule has 0 aliphatic rings. The number of aromatic nitrogens is 1. The summed E-state index contributed by atoms with van der Waals surface area (Å²) in [5.74, 6) is 0. The van der Waals surface area contributed by atoms with Crippen molar-refractivity contribution in [3.63, 3.8) is 0 Å². The van der Waals surface area contributed by atoms with Gasteiger partial charge in [0, 0.05) is 24.2 Å². The van der Waals surface area contributed by atoms with Crippen LogP contribution in [0.1, 0.15) is 18.7 Å². The molecule has 3 nitrogen and oxygen atoms in total. The van der Waals surface area contributed by atoms with E-state index in [2.05, 4.69) is 10.3 Å². The van der Waals surface area contributed by atoms with Crippen molar-refractivity contribution in [1.29, 1.82) is 0 Å². The van der Waals surface area contributed by atoms with Gasteiger partial charge >= 0.3 is 0 Å². The zero-order valence-corrected chi connectivity index (χ0v) is 8.19. The van der Waals surface area contributed by atoms with Crippen molar-refractivity contribution in [2.75, 3.05) is 6.54 Å². The van der Waals surface area contributed by atoms with E-state index in [0.29, 0.717) is 6.54 Å². The molecule has 0 saturated heterocycles. The van der Waals surface area contributed by atoms with Crippen molar-refractivity contribution >= 4 is 11.3 Å². The average Bonchev–Trinajstić information content (AvgIpc) is 2.36. The van der Waals surface area contributed by atoms with E-state index >= 15 is 0 Å². The van der Waals surface area contributed by atoms with E-state index < -0.39 is 5.60 Å². The van der Waals surface area contributed by atoms with Gasteiger partial charge in [0.1, 0.15) is 0 Å². The second-order valence-electron chi connectivity index (χ2n) is 3.38. The first-order valence-corrected chi connectivity index (χ1v) is 4.76. The van der Waals surface area contributed by atoms with E-state index in [0.717, 1.165) is 6.54 Å². The summed E-state index contributed by atoms with van der Waals surface area (Å²) < 4.78 is 0. The molecule has 0 bridgehead atoms. The molecule has 4 heteroatoms. The molecular weight excluding hydrogens is 172 g/mol. The Labute approximate surface area is 76.5 Å². The zero-order valence-electron chi connectivity index (χ0n) is 7.37. The van der Waals surface area contributed by atoms with Crippen LogP contribution in [0.5, 0.6) is 0 Å². The number of hydrogen-bond donors (Lipinski definition) is 2. The smallest absolute Gasteiger partial charge is 0.0794 e. The SMILES string of the molecule is CC(C)(O)CNCc1cncs1. The van der Waals surface area contributed by atoms with Crippen LogP contribution < -0.4 is 5.32 Å². The number of rotatable bonds is 4. The van der Waals surface area contributed by atoms with Gasteiger partial charge in [-0.2, -0.15) is 0 Å². The predicted molar refractivity (Wildman–Crippen MR) is 50.1 cm³/mol. The molecule has 0 aliphatic heterocycles. The van der Waals surface area contributed by atoms with Gasteiger partial charge in [0.15, 0.2) is 0 Å². The highest BCUT2D eigenvalue weighted by atomic mass is 32.1. The fraction of sp³-hybridized carbons (Fsp3) is 0.625. The normalized spacial score (nSPS) is 11.9. The molecule has 1 rings (SSSR count). The maximum Gasteiger partial charge on any atom is 0.0794 e. The van der Waals surface area contributed by atoms with Crippen molar-refractivity contribution < 1.29 is 5.11 Å². The largest absolute Gasteiger partial charge is 0.389 e. The van der Waals surface area contributed by atoms with Crippen LogP contribution in [0, 0.1) is 0 Å². The third kappa shape index (κ3) is 3.80. The number of thiazole rings is 1. The molecule has 1 aromatic rings. The third-order valence-corrected chi connectivity index (χ3v) is 2.12. The summed E-state index contributed by atoms with van der Waals surface area (Å²) in [6, 6.07) is 0. The molecule has 0 unspecified atom stereocenters. The fourth-order valence-electron chi connectivity index (χ4n) is 0.821. The van der Waals surface area contributed by atoms with Gasteiger partial charge in [-0.05, 0) is 13.8 Å². The van der Waals surface area contributed by atoms with Crippen LogP contribution in [-0.2, 0) is 6.54 Å². The maximum absolute atomic E-state index is 9.37. The summed E-state index contributed by atoms with van der Waals surface area (Å²) in [4.78, 5) is 5.15. The number of nitrogens with zero attached hydrogens (tertiary/aromatic N) is 1. The van der Waals surface area contributed by atoms with Gasteiger partial charge in [-0.25, -0.2) is 0 Å². The Morgan fingerprint density at radius 3 is 2.92 bits per heavy atom. The molecule has 0 spiro atoms. The summed E-state index contributed by atoms with van der Waals surface area (Å²) in [5.41, 5.74) is 1.17. The molecule has 0 atom stereocenters. The van der Waals surface area contributed by atoms with Gasteiger partial charge in [0.05, 0.1) is 11.1 Å². The van der Waals surface area contributed by atoms with Gasteiger partial charge in [-0.15, -0.1) is 11.3 Å². The molecule has 0 aliphatic carbocycles. The molecule has 1 heterocycles. The average molecular weight is 186 g/mol. The van der Waals surface area contributed by atoms with Crippen LogP contribution in [0.25, 0.3) is 0 Å². The summed E-state index contributed by atoms with van der Waals surface area (Å²) in [6.45, 7) is 4.96. The van der Waals surface area contributed by atoms with Crippen LogP contribution in [0.2, 0.25) is 0 Å². The Hall–Kier alpha value is -0.450. The minimum atomic E-state index is -0.634. The molecule has 2 N–H and O–H groups in total. The molecule has 0 aromatic carbocycles. The Morgan fingerprint density at radius 1 is 1.67 bits per heavy atom. The molecule has 0 amide bonds. The lowest BCUT2D eigenvalue weighted by molar-refractivity contribution is 0.0796. The van der Waals surface area contributed by atoms with Gasteiger partial charge in [-0.3, -0.25) is 4.98 Å². The molecule has 0 fully saturated rings. The van der Waals surface area contributed by atoms with Crippen LogP contribution in [0.3, 0.4) is 0 Å². The zero-order chi connectivity index (χ0) is 9.03. The highest BCUT2D eigenvalue weighted by Gasteiger charge is 2.10. The van der Waals surface area contributed by atoms with Crippen molar-refractivity contribution in [3.05, 3.63) is 16.6 Å². The highest BCUT2D eigenvalue weighted by Crippen LogP contribution is 2.05. The van der Waals surface area contributed by atoms with E-state index in [1.165, 1.54) is 4.88 Å². The van der Waals surface area contributed by atoms with Crippen LogP contribution in [0.4, 0.5) is 0 Å². The van der Waals surface area contributed by atoms with Gasteiger partial charge in [0.25, 0.3) is 0 Å². The van der Waals surface area contributed by atoms with Gasteiger partial charge in [0.2, 0.25) is 0 Å². The summed E-state index contributed by atoms with van der Waals surface area (Å²) in [5, 5.41) is 12.5. The molecular formula is C8H14N2OS. The summed E-state index contributed by atoms with van der Waals surface area (Å²) in [7, 11) is 0. The summed E-state index contributed by atoms with van der Waals surface area (Å²) in [6.07, 6.45) is 1.84. The van der Waals surface area contributed by atoms with E-state index in [1.54, 1.807) is 30.7 Å². The molecule has 0 radical (unpaired) electrons. The first kappa shape index (κ1) is 9.64. The van der Waals surface area contributed by atoms with Crippen molar-refractivity contribution in [2.45, 2.75) is 26.0 Å². The second-order valence-corrected chi connectivity index (χ2v) is 4.35. The van der Waals surface area contributed by atoms with E-state index in [4.69, 9.17) is 0 Å². The lowest BCUT2D eigenvalue weighted by atomic mass is 10.1. The summed E-state index contributed by atoms with van der Waals surface area (Å²) >= 11 is 1.62. The topological polar surface area (TPSA) is 45.1 Å². The van der Waals surface area contributed by atoms with Gasteiger partial charge in [-0.1, -0.05) is 0 Å². The Bertz CT molecular complexity index is 215. The Kier molecular flexibility index (Phi) is 3.20.